The van der Waals surface area contributed by atoms with Crippen molar-refractivity contribution >= 4 is 40.7 Å². The Morgan fingerprint density at radius 1 is 1.13 bits per heavy atom. The number of carbonyl (C=O) groups is 2. The largest absolute Gasteiger partial charge is 0.497 e. The molecular weight excluding hydrogens is 435 g/mol. The molecule has 0 bridgehead atoms. The molecule has 5 nitrogen and oxygen atoms in total. The number of methoxy groups -OCH3 is 1. The fourth-order valence-electron chi connectivity index (χ4n) is 4.07. The zero-order valence-corrected chi connectivity index (χ0v) is 19.4. The molecule has 0 saturated heterocycles. The molecule has 1 fully saturated rings. The van der Waals surface area contributed by atoms with Gasteiger partial charge in [0.05, 0.1) is 7.11 Å². The van der Waals surface area contributed by atoms with E-state index in [1.165, 1.54) is 11.3 Å². The third kappa shape index (κ3) is 5.52. The SMILES string of the molecule is COc1ccc([C@@H](C(=O)NC2CCCCC2)N(C(=O)CCl)c2cccc(Cl)c2C)cc1. The summed E-state index contributed by atoms with van der Waals surface area (Å²) in [5, 5.41) is 3.69. The van der Waals surface area contributed by atoms with Gasteiger partial charge in [-0.15, -0.1) is 11.6 Å². The molecule has 0 radical (unpaired) electrons. The Morgan fingerprint density at radius 2 is 1.81 bits per heavy atom. The van der Waals surface area contributed by atoms with Gasteiger partial charge in [0.2, 0.25) is 11.8 Å². The molecule has 0 unspecified atom stereocenters. The van der Waals surface area contributed by atoms with Gasteiger partial charge in [-0.3, -0.25) is 14.5 Å². The number of hydrogen-bond acceptors (Lipinski definition) is 3. The quantitative estimate of drug-likeness (QED) is 0.558. The summed E-state index contributed by atoms with van der Waals surface area (Å²) in [5.74, 6) is -0.180. The second kappa shape index (κ2) is 10.9. The maximum absolute atomic E-state index is 13.6. The maximum Gasteiger partial charge on any atom is 0.248 e. The number of amides is 2. The number of halogens is 2. The smallest absolute Gasteiger partial charge is 0.248 e. The van der Waals surface area contributed by atoms with Crippen molar-refractivity contribution in [1.29, 1.82) is 0 Å². The van der Waals surface area contributed by atoms with E-state index < -0.39 is 6.04 Å². The zero-order valence-electron chi connectivity index (χ0n) is 17.9. The second-order valence-electron chi connectivity index (χ2n) is 7.80. The molecule has 2 aromatic carbocycles. The lowest BCUT2D eigenvalue weighted by molar-refractivity contribution is -0.126. The molecule has 166 valence electrons. The molecule has 1 atom stereocenters. The van der Waals surface area contributed by atoms with Gasteiger partial charge in [0.15, 0.2) is 0 Å². The molecule has 0 aliphatic heterocycles. The van der Waals surface area contributed by atoms with Gasteiger partial charge in [0.1, 0.15) is 17.7 Å². The highest BCUT2D eigenvalue weighted by molar-refractivity contribution is 6.32. The van der Waals surface area contributed by atoms with Crippen LogP contribution in [-0.2, 0) is 9.59 Å². The molecule has 1 saturated carbocycles. The van der Waals surface area contributed by atoms with Crippen molar-refractivity contribution in [3.8, 4) is 5.75 Å². The van der Waals surface area contributed by atoms with E-state index in [4.69, 9.17) is 27.9 Å². The molecule has 0 aromatic heterocycles. The van der Waals surface area contributed by atoms with Gasteiger partial charge < -0.3 is 10.1 Å². The molecule has 7 heteroatoms. The minimum absolute atomic E-state index is 0.107. The molecule has 1 aliphatic rings. The average molecular weight is 463 g/mol. The van der Waals surface area contributed by atoms with E-state index in [1.807, 2.05) is 6.92 Å². The average Bonchev–Trinajstić information content (AvgIpc) is 2.80. The van der Waals surface area contributed by atoms with Crippen LogP contribution in [0.1, 0.15) is 49.3 Å². The van der Waals surface area contributed by atoms with Crippen LogP contribution in [0.3, 0.4) is 0 Å². The lowest BCUT2D eigenvalue weighted by Crippen LogP contribution is -2.48. The van der Waals surface area contributed by atoms with E-state index >= 15 is 0 Å². The molecule has 1 aliphatic carbocycles. The van der Waals surface area contributed by atoms with Crippen molar-refractivity contribution < 1.29 is 14.3 Å². The predicted molar refractivity (Wildman–Crippen MR) is 125 cm³/mol. The number of hydrogen-bond donors (Lipinski definition) is 1. The number of nitrogens with zero attached hydrogens (tertiary/aromatic N) is 1. The first kappa shape index (κ1) is 23.4. The normalized spacial score (nSPS) is 15.2. The fourth-order valence-corrected chi connectivity index (χ4v) is 4.37. The molecule has 31 heavy (non-hydrogen) atoms. The van der Waals surface area contributed by atoms with Crippen LogP contribution in [0.5, 0.6) is 5.75 Å². The van der Waals surface area contributed by atoms with Gasteiger partial charge in [-0.2, -0.15) is 0 Å². The molecule has 0 spiro atoms. The number of rotatable bonds is 7. The van der Waals surface area contributed by atoms with Crippen LogP contribution in [0.4, 0.5) is 5.69 Å². The van der Waals surface area contributed by atoms with E-state index in [2.05, 4.69) is 5.32 Å². The summed E-state index contributed by atoms with van der Waals surface area (Å²) in [5.41, 5.74) is 1.95. The van der Waals surface area contributed by atoms with Crippen LogP contribution < -0.4 is 15.0 Å². The van der Waals surface area contributed by atoms with Crippen molar-refractivity contribution in [1.82, 2.24) is 5.32 Å². The summed E-state index contributed by atoms with van der Waals surface area (Å²) in [6.45, 7) is 1.83. The Labute approximate surface area is 193 Å². The molecule has 2 aromatic rings. The van der Waals surface area contributed by atoms with E-state index in [9.17, 15) is 9.59 Å². The lowest BCUT2D eigenvalue weighted by Gasteiger charge is -2.34. The number of anilines is 1. The van der Waals surface area contributed by atoms with Crippen molar-refractivity contribution in [2.45, 2.75) is 51.1 Å². The number of alkyl halides is 1. The number of nitrogens with one attached hydrogen (secondary N) is 1. The molecule has 3 rings (SSSR count). The van der Waals surface area contributed by atoms with Gasteiger partial charge >= 0.3 is 0 Å². The van der Waals surface area contributed by atoms with Crippen molar-refractivity contribution in [2.75, 3.05) is 17.9 Å². The van der Waals surface area contributed by atoms with Crippen LogP contribution in [0.25, 0.3) is 0 Å². The molecule has 1 N–H and O–H groups in total. The Balaban J connectivity index is 2.06. The van der Waals surface area contributed by atoms with Gasteiger partial charge in [0.25, 0.3) is 0 Å². The van der Waals surface area contributed by atoms with Crippen molar-refractivity contribution in [2.24, 2.45) is 0 Å². The zero-order chi connectivity index (χ0) is 22.4. The minimum Gasteiger partial charge on any atom is -0.497 e. The predicted octanol–water partition coefficient (Wildman–Crippen LogP) is 5.42. The van der Waals surface area contributed by atoms with Crippen molar-refractivity contribution in [3.63, 3.8) is 0 Å². The molecular formula is C24H28Cl2N2O3. The summed E-state index contributed by atoms with van der Waals surface area (Å²) in [4.78, 5) is 28.1. The fraction of sp³-hybridized carbons (Fsp3) is 0.417. The van der Waals surface area contributed by atoms with E-state index in [-0.39, 0.29) is 23.7 Å². The van der Waals surface area contributed by atoms with E-state index in [0.717, 1.165) is 25.7 Å². The van der Waals surface area contributed by atoms with E-state index in [1.54, 1.807) is 49.6 Å². The van der Waals surface area contributed by atoms with Crippen LogP contribution in [-0.4, -0.2) is 30.8 Å². The highest BCUT2D eigenvalue weighted by atomic mass is 35.5. The van der Waals surface area contributed by atoms with Gasteiger partial charge in [-0.05, 0) is 55.2 Å². The van der Waals surface area contributed by atoms with Crippen LogP contribution in [0.2, 0.25) is 5.02 Å². The van der Waals surface area contributed by atoms with Crippen LogP contribution in [0.15, 0.2) is 42.5 Å². The topological polar surface area (TPSA) is 58.6 Å². The monoisotopic (exact) mass is 462 g/mol. The Kier molecular flexibility index (Phi) is 8.22. The Bertz CT molecular complexity index is 912. The van der Waals surface area contributed by atoms with Gasteiger partial charge in [-0.1, -0.05) is 49.1 Å². The second-order valence-corrected chi connectivity index (χ2v) is 8.48. The maximum atomic E-state index is 13.6. The standard InChI is InChI=1S/C24H28Cl2N2O3/c1-16-20(26)9-6-10-21(16)28(22(29)15-25)23(17-11-13-19(31-2)14-12-17)24(30)27-18-7-4-3-5-8-18/h6,9-14,18,23H,3-5,7-8,15H2,1-2H3,(H,27,30)/t23-/m0/s1. The number of benzene rings is 2. The van der Waals surface area contributed by atoms with Crippen LogP contribution >= 0.6 is 23.2 Å². The molecule has 0 heterocycles. The summed E-state index contributed by atoms with van der Waals surface area (Å²) >= 11 is 12.3. The minimum atomic E-state index is -0.878. The molecule has 2 amide bonds. The van der Waals surface area contributed by atoms with Crippen LogP contribution in [0, 0.1) is 6.92 Å². The Morgan fingerprint density at radius 3 is 2.42 bits per heavy atom. The van der Waals surface area contributed by atoms with Crippen molar-refractivity contribution in [3.05, 3.63) is 58.6 Å². The lowest BCUT2D eigenvalue weighted by atomic mass is 9.94. The first-order valence-corrected chi connectivity index (χ1v) is 11.4. The third-order valence-corrected chi connectivity index (χ3v) is 6.41. The summed E-state index contributed by atoms with van der Waals surface area (Å²) in [7, 11) is 1.58. The number of ether oxygens (including phenoxy) is 1. The van der Waals surface area contributed by atoms with Gasteiger partial charge in [0, 0.05) is 16.8 Å². The summed E-state index contributed by atoms with van der Waals surface area (Å²) < 4.78 is 5.26. The number of carbonyl (C=O) groups excluding carboxylic acids is 2. The van der Waals surface area contributed by atoms with Gasteiger partial charge in [-0.25, -0.2) is 0 Å². The first-order valence-electron chi connectivity index (χ1n) is 10.5. The third-order valence-electron chi connectivity index (χ3n) is 5.77. The summed E-state index contributed by atoms with van der Waals surface area (Å²) in [6, 6.07) is 11.7. The highest BCUT2D eigenvalue weighted by Gasteiger charge is 2.34. The first-order chi connectivity index (χ1) is 15.0. The van der Waals surface area contributed by atoms with E-state index in [0.29, 0.717) is 27.6 Å². The Hall–Kier alpha value is -2.24. The highest BCUT2D eigenvalue weighted by Crippen LogP contribution is 2.34. The summed E-state index contributed by atoms with van der Waals surface area (Å²) in [6.07, 6.45) is 5.26.